The SMILES string of the molecule is O=C(c1nccc2ccccc12)N1CC(=O)N(Cc2cccc(C(F)(F)F)c2)[C@@H](CCc2ccccc2)C1. The quantitative estimate of drug-likeness (QED) is 0.328. The Hall–Kier alpha value is -4.20. The highest BCUT2D eigenvalue weighted by atomic mass is 19.4. The van der Waals surface area contributed by atoms with E-state index in [2.05, 4.69) is 4.98 Å². The molecule has 2 amide bonds. The fraction of sp³-hybridized carbons (Fsp3) is 0.233. The molecule has 1 atom stereocenters. The normalized spacial score (nSPS) is 16.2. The Kier molecular flexibility index (Phi) is 7.13. The molecule has 0 bridgehead atoms. The second kappa shape index (κ2) is 10.7. The summed E-state index contributed by atoms with van der Waals surface area (Å²) in [7, 11) is 0. The van der Waals surface area contributed by atoms with Gasteiger partial charge in [-0.25, -0.2) is 0 Å². The molecule has 0 saturated carbocycles. The summed E-state index contributed by atoms with van der Waals surface area (Å²) in [6, 6.07) is 23.7. The fourth-order valence-electron chi connectivity index (χ4n) is 4.95. The molecule has 5 nitrogen and oxygen atoms in total. The van der Waals surface area contributed by atoms with Gasteiger partial charge in [0.15, 0.2) is 0 Å². The first kappa shape index (κ1) is 25.4. The number of piperazine rings is 1. The molecular weight excluding hydrogens is 491 g/mol. The van der Waals surface area contributed by atoms with Crippen molar-refractivity contribution in [2.24, 2.45) is 0 Å². The number of carbonyl (C=O) groups excluding carboxylic acids is 2. The number of rotatable bonds is 6. The van der Waals surface area contributed by atoms with Gasteiger partial charge in [0.1, 0.15) is 12.2 Å². The molecule has 0 N–H and O–H groups in total. The van der Waals surface area contributed by atoms with Crippen LogP contribution in [-0.2, 0) is 23.9 Å². The number of aromatic nitrogens is 1. The van der Waals surface area contributed by atoms with Crippen LogP contribution in [0.25, 0.3) is 10.8 Å². The summed E-state index contributed by atoms with van der Waals surface area (Å²) in [5.41, 5.74) is 1.01. The van der Waals surface area contributed by atoms with E-state index in [0.717, 1.165) is 23.1 Å². The lowest BCUT2D eigenvalue weighted by atomic mass is 9.99. The lowest BCUT2D eigenvalue weighted by molar-refractivity contribution is -0.139. The van der Waals surface area contributed by atoms with Gasteiger partial charge in [-0.2, -0.15) is 13.2 Å². The van der Waals surface area contributed by atoms with E-state index >= 15 is 0 Å². The van der Waals surface area contributed by atoms with Crippen molar-refractivity contribution in [1.29, 1.82) is 0 Å². The maximum absolute atomic E-state index is 13.6. The Morgan fingerprint density at radius 1 is 0.921 bits per heavy atom. The minimum absolute atomic E-state index is 0.0385. The van der Waals surface area contributed by atoms with Crippen LogP contribution in [0.5, 0.6) is 0 Å². The van der Waals surface area contributed by atoms with Crippen molar-refractivity contribution in [3.8, 4) is 0 Å². The number of alkyl halides is 3. The molecule has 8 heteroatoms. The smallest absolute Gasteiger partial charge is 0.332 e. The monoisotopic (exact) mass is 517 g/mol. The number of nitrogens with zero attached hydrogens (tertiary/aromatic N) is 3. The topological polar surface area (TPSA) is 53.5 Å². The number of aryl methyl sites for hydroxylation is 1. The largest absolute Gasteiger partial charge is 0.416 e. The molecule has 1 fully saturated rings. The molecule has 0 radical (unpaired) electrons. The molecule has 1 aromatic heterocycles. The van der Waals surface area contributed by atoms with Crippen molar-refractivity contribution in [3.05, 3.63) is 114 Å². The molecule has 1 aliphatic heterocycles. The van der Waals surface area contributed by atoms with Crippen LogP contribution >= 0.6 is 0 Å². The van der Waals surface area contributed by atoms with Gasteiger partial charge < -0.3 is 9.80 Å². The van der Waals surface area contributed by atoms with Crippen molar-refractivity contribution < 1.29 is 22.8 Å². The summed E-state index contributed by atoms with van der Waals surface area (Å²) >= 11 is 0. The molecule has 1 aliphatic rings. The average molecular weight is 518 g/mol. The number of halogens is 3. The molecule has 5 rings (SSSR count). The number of carbonyl (C=O) groups is 2. The van der Waals surface area contributed by atoms with Crippen LogP contribution in [0.4, 0.5) is 13.2 Å². The van der Waals surface area contributed by atoms with E-state index in [-0.39, 0.29) is 43.2 Å². The summed E-state index contributed by atoms with van der Waals surface area (Å²) < 4.78 is 39.9. The summed E-state index contributed by atoms with van der Waals surface area (Å²) in [5, 5.41) is 1.58. The van der Waals surface area contributed by atoms with Crippen LogP contribution in [0.1, 0.15) is 33.6 Å². The molecule has 4 aromatic rings. The predicted octanol–water partition coefficient (Wildman–Crippen LogP) is 5.74. The number of hydrogen-bond donors (Lipinski definition) is 0. The van der Waals surface area contributed by atoms with Crippen molar-refractivity contribution in [2.45, 2.75) is 31.6 Å². The minimum Gasteiger partial charge on any atom is -0.332 e. The number of fused-ring (bicyclic) bond motifs is 1. The summed E-state index contributed by atoms with van der Waals surface area (Å²) in [6.07, 6.45) is -1.68. The molecule has 0 aliphatic carbocycles. The molecule has 194 valence electrons. The Balaban J connectivity index is 1.42. The third-order valence-electron chi connectivity index (χ3n) is 6.90. The van der Waals surface area contributed by atoms with Crippen LogP contribution in [0.3, 0.4) is 0 Å². The Bertz CT molecular complexity index is 1450. The second-order valence-electron chi connectivity index (χ2n) is 9.46. The van der Waals surface area contributed by atoms with Gasteiger partial charge in [0.05, 0.1) is 11.6 Å². The van der Waals surface area contributed by atoms with E-state index in [1.807, 2.05) is 60.7 Å². The first-order chi connectivity index (χ1) is 18.3. The Labute approximate surface area is 218 Å². The zero-order valence-corrected chi connectivity index (χ0v) is 20.6. The lowest BCUT2D eigenvalue weighted by Gasteiger charge is -2.41. The average Bonchev–Trinajstić information content (AvgIpc) is 2.93. The highest BCUT2D eigenvalue weighted by molar-refractivity contribution is 6.06. The first-order valence-electron chi connectivity index (χ1n) is 12.4. The molecule has 38 heavy (non-hydrogen) atoms. The third-order valence-corrected chi connectivity index (χ3v) is 6.90. The predicted molar refractivity (Wildman–Crippen MR) is 138 cm³/mol. The van der Waals surface area contributed by atoms with Crippen molar-refractivity contribution in [3.63, 3.8) is 0 Å². The van der Waals surface area contributed by atoms with Crippen molar-refractivity contribution >= 4 is 22.6 Å². The zero-order valence-electron chi connectivity index (χ0n) is 20.6. The van der Waals surface area contributed by atoms with E-state index in [1.165, 1.54) is 11.0 Å². The zero-order chi connectivity index (χ0) is 26.7. The number of pyridine rings is 1. The molecule has 1 saturated heterocycles. The Morgan fingerprint density at radius 3 is 2.45 bits per heavy atom. The van der Waals surface area contributed by atoms with E-state index < -0.39 is 11.7 Å². The second-order valence-corrected chi connectivity index (χ2v) is 9.46. The van der Waals surface area contributed by atoms with E-state index in [1.54, 1.807) is 17.2 Å². The van der Waals surface area contributed by atoms with Crippen LogP contribution < -0.4 is 0 Å². The highest BCUT2D eigenvalue weighted by Gasteiger charge is 2.36. The molecular formula is C30H26F3N3O2. The van der Waals surface area contributed by atoms with Crippen molar-refractivity contribution in [2.75, 3.05) is 13.1 Å². The molecule has 3 aromatic carbocycles. The fourth-order valence-corrected chi connectivity index (χ4v) is 4.95. The van der Waals surface area contributed by atoms with Gasteiger partial charge in [0, 0.05) is 24.7 Å². The standard InChI is InChI=1S/C30H26F3N3O2/c31-30(32,33)24-11-6-9-22(17-24)18-36-25(14-13-21-7-2-1-3-8-21)19-35(20-27(36)37)29(38)28-26-12-5-4-10-23(26)15-16-34-28/h1-12,15-17,25H,13-14,18-20H2/t25-/m0/s1. The maximum atomic E-state index is 13.6. The molecule has 0 spiro atoms. The van der Waals surface area contributed by atoms with Gasteiger partial charge in [-0.05, 0) is 47.6 Å². The first-order valence-corrected chi connectivity index (χ1v) is 12.4. The summed E-state index contributed by atoms with van der Waals surface area (Å²) in [4.78, 5) is 34.4. The lowest BCUT2D eigenvalue weighted by Crippen LogP contribution is -2.57. The van der Waals surface area contributed by atoms with E-state index in [4.69, 9.17) is 0 Å². The van der Waals surface area contributed by atoms with Crippen LogP contribution in [0.15, 0.2) is 91.1 Å². The van der Waals surface area contributed by atoms with Crippen LogP contribution in [0, 0.1) is 0 Å². The molecule has 0 unspecified atom stereocenters. The number of benzene rings is 3. The van der Waals surface area contributed by atoms with Crippen LogP contribution in [0.2, 0.25) is 0 Å². The van der Waals surface area contributed by atoms with Gasteiger partial charge >= 0.3 is 6.18 Å². The maximum Gasteiger partial charge on any atom is 0.416 e. The van der Waals surface area contributed by atoms with Gasteiger partial charge in [-0.15, -0.1) is 0 Å². The van der Waals surface area contributed by atoms with Gasteiger partial charge in [0.25, 0.3) is 5.91 Å². The van der Waals surface area contributed by atoms with E-state index in [0.29, 0.717) is 23.8 Å². The van der Waals surface area contributed by atoms with Gasteiger partial charge in [-0.3, -0.25) is 14.6 Å². The van der Waals surface area contributed by atoms with Gasteiger partial charge in [-0.1, -0.05) is 66.7 Å². The Morgan fingerprint density at radius 2 is 1.66 bits per heavy atom. The van der Waals surface area contributed by atoms with Crippen molar-refractivity contribution in [1.82, 2.24) is 14.8 Å². The van der Waals surface area contributed by atoms with Gasteiger partial charge in [0.2, 0.25) is 5.91 Å². The summed E-state index contributed by atoms with van der Waals surface area (Å²) in [6.45, 7) is 0.141. The number of amides is 2. The van der Waals surface area contributed by atoms with E-state index in [9.17, 15) is 22.8 Å². The van der Waals surface area contributed by atoms with Crippen LogP contribution in [-0.4, -0.2) is 45.7 Å². The third kappa shape index (κ3) is 5.54. The summed E-state index contributed by atoms with van der Waals surface area (Å²) in [5.74, 6) is -0.640. The molecule has 2 heterocycles. The highest BCUT2D eigenvalue weighted by Crippen LogP contribution is 2.30. The minimum atomic E-state index is -4.47. The number of hydrogen-bond acceptors (Lipinski definition) is 3.